The fourth-order valence-electron chi connectivity index (χ4n) is 1.54. The zero-order valence-corrected chi connectivity index (χ0v) is 13.5. The summed E-state index contributed by atoms with van der Waals surface area (Å²) >= 11 is 0. The van der Waals surface area contributed by atoms with E-state index in [1.165, 1.54) is 7.11 Å². The second-order valence-corrected chi connectivity index (χ2v) is 4.72. The molecule has 0 radical (unpaired) electrons. The van der Waals surface area contributed by atoms with E-state index in [1.54, 1.807) is 0 Å². The summed E-state index contributed by atoms with van der Waals surface area (Å²) in [5.41, 5.74) is 0.732. The Morgan fingerprint density at radius 1 is 0.958 bits per heavy atom. The molecule has 0 fully saturated rings. The largest absolute Gasteiger partial charge is 0.461 e. The van der Waals surface area contributed by atoms with Gasteiger partial charge in [-0.3, -0.25) is 4.79 Å². The molecule has 0 bridgehead atoms. The minimum absolute atomic E-state index is 0.0691. The number of carbonyl (C=O) groups is 3. The summed E-state index contributed by atoms with van der Waals surface area (Å²) in [6, 6.07) is 9.12. The molecule has 0 aromatic heterocycles. The molecule has 0 aliphatic rings. The standard InChI is InChI=1S/C17H20O7/c1-13(17(20)24-12-16(19)22-9-8-21-2)10-15(18)23-11-14-6-4-3-5-7-14/h3-7H,1,8-12H2,2H3. The van der Waals surface area contributed by atoms with Crippen molar-refractivity contribution in [1.82, 2.24) is 0 Å². The van der Waals surface area contributed by atoms with Gasteiger partial charge in [-0.25, -0.2) is 9.59 Å². The van der Waals surface area contributed by atoms with E-state index in [0.29, 0.717) is 0 Å². The Hall–Kier alpha value is -2.67. The van der Waals surface area contributed by atoms with Crippen molar-refractivity contribution in [2.75, 3.05) is 26.9 Å². The quantitative estimate of drug-likeness (QED) is 0.276. The van der Waals surface area contributed by atoms with Crippen molar-refractivity contribution in [1.29, 1.82) is 0 Å². The van der Waals surface area contributed by atoms with E-state index in [-0.39, 0.29) is 31.8 Å². The Morgan fingerprint density at radius 2 is 1.67 bits per heavy atom. The van der Waals surface area contributed by atoms with Crippen molar-refractivity contribution in [2.45, 2.75) is 13.0 Å². The first-order valence-electron chi connectivity index (χ1n) is 7.22. The molecule has 1 aromatic carbocycles. The van der Waals surface area contributed by atoms with Gasteiger partial charge in [0.05, 0.1) is 13.0 Å². The van der Waals surface area contributed by atoms with Crippen molar-refractivity contribution >= 4 is 17.9 Å². The van der Waals surface area contributed by atoms with Crippen molar-refractivity contribution in [3.63, 3.8) is 0 Å². The van der Waals surface area contributed by atoms with Crippen LogP contribution in [0.4, 0.5) is 0 Å². The van der Waals surface area contributed by atoms with Crippen molar-refractivity contribution < 1.29 is 33.3 Å². The van der Waals surface area contributed by atoms with Gasteiger partial charge in [-0.2, -0.15) is 0 Å². The molecule has 0 spiro atoms. The number of carbonyl (C=O) groups excluding carboxylic acids is 3. The molecule has 7 nitrogen and oxygen atoms in total. The predicted octanol–water partition coefficient (Wildman–Crippen LogP) is 1.41. The number of esters is 3. The molecule has 0 heterocycles. The van der Waals surface area contributed by atoms with Crippen LogP contribution in [-0.4, -0.2) is 44.8 Å². The van der Waals surface area contributed by atoms with Crippen LogP contribution in [0.1, 0.15) is 12.0 Å². The summed E-state index contributed by atoms with van der Waals surface area (Å²) in [7, 11) is 1.47. The van der Waals surface area contributed by atoms with Gasteiger partial charge in [-0.1, -0.05) is 36.9 Å². The average molecular weight is 336 g/mol. The molecule has 0 amide bonds. The van der Waals surface area contributed by atoms with E-state index >= 15 is 0 Å². The molecule has 0 aliphatic carbocycles. The van der Waals surface area contributed by atoms with Crippen LogP contribution in [0.3, 0.4) is 0 Å². The second-order valence-electron chi connectivity index (χ2n) is 4.72. The molecule has 0 aliphatic heterocycles. The predicted molar refractivity (Wildman–Crippen MR) is 83.8 cm³/mol. The number of hydrogen-bond acceptors (Lipinski definition) is 7. The summed E-state index contributed by atoms with van der Waals surface area (Å²) < 4.78 is 19.1. The van der Waals surface area contributed by atoms with Crippen LogP contribution in [0.15, 0.2) is 42.5 Å². The minimum atomic E-state index is -0.852. The zero-order valence-electron chi connectivity index (χ0n) is 13.5. The number of methoxy groups -OCH3 is 1. The lowest BCUT2D eigenvalue weighted by Gasteiger charge is -2.08. The van der Waals surface area contributed by atoms with Crippen LogP contribution in [-0.2, 0) is 39.9 Å². The molecule has 1 aromatic rings. The highest BCUT2D eigenvalue weighted by Crippen LogP contribution is 2.06. The number of hydrogen-bond donors (Lipinski definition) is 0. The van der Waals surface area contributed by atoms with Gasteiger partial charge in [0.15, 0.2) is 6.61 Å². The smallest absolute Gasteiger partial charge is 0.344 e. The first kappa shape index (κ1) is 19.4. The highest BCUT2D eigenvalue weighted by Gasteiger charge is 2.16. The molecule has 0 unspecified atom stereocenters. The van der Waals surface area contributed by atoms with E-state index in [4.69, 9.17) is 18.9 Å². The molecule has 130 valence electrons. The lowest BCUT2D eigenvalue weighted by molar-refractivity contribution is -0.157. The van der Waals surface area contributed by atoms with Crippen LogP contribution >= 0.6 is 0 Å². The van der Waals surface area contributed by atoms with Gasteiger partial charge in [0.2, 0.25) is 0 Å². The fraction of sp³-hybridized carbons (Fsp3) is 0.353. The highest BCUT2D eigenvalue weighted by molar-refractivity contribution is 5.94. The van der Waals surface area contributed by atoms with Crippen LogP contribution < -0.4 is 0 Å². The molecular weight excluding hydrogens is 316 g/mol. The van der Waals surface area contributed by atoms with E-state index in [1.807, 2.05) is 30.3 Å². The van der Waals surface area contributed by atoms with Crippen molar-refractivity contribution in [3.05, 3.63) is 48.0 Å². The molecule has 0 saturated carbocycles. The second kappa shape index (κ2) is 11.0. The van der Waals surface area contributed by atoms with Crippen molar-refractivity contribution in [3.8, 4) is 0 Å². The summed E-state index contributed by atoms with van der Waals surface area (Å²) in [5.74, 6) is -2.17. The Kier molecular flexibility index (Phi) is 8.85. The lowest BCUT2D eigenvalue weighted by atomic mass is 10.2. The first-order chi connectivity index (χ1) is 11.5. The van der Waals surface area contributed by atoms with Gasteiger partial charge in [0, 0.05) is 12.7 Å². The van der Waals surface area contributed by atoms with E-state index in [0.717, 1.165) is 5.56 Å². The highest BCUT2D eigenvalue weighted by atomic mass is 16.6. The summed E-state index contributed by atoms with van der Waals surface area (Å²) in [6.07, 6.45) is -0.315. The van der Waals surface area contributed by atoms with E-state index in [9.17, 15) is 14.4 Å². The third-order valence-electron chi connectivity index (χ3n) is 2.76. The summed E-state index contributed by atoms with van der Waals surface area (Å²) in [5, 5.41) is 0. The van der Waals surface area contributed by atoms with Crippen LogP contribution in [0.25, 0.3) is 0 Å². The first-order valence-corrected chi connectivity index (χ1v) is 7.22. The van der Waals surface area contributed by atoms with E-state index in [2.05, 4.69) is 6.58 Å². The number of ether oxygens (including phenoxy) is 4. The van der Waals surface area contributed by atoms with Crippen LogP contribution in [0.5, 0.6) is 0 Å². The lowest BCUT2D eigenvalue weighted by Crippen LogP contribution is -2.20. The maximum absolute atomic E-state index is 11.6. The normalized spacial score (nSPS) is 9.88. The molecule has 1 rings (SSSR count). The third kappa shape index (κ3) is 8.09. The maximum Gasteiger partial charge on any atom is 0.344 e. The third-order valence-corrected chi connectivity index (χ3v) is 2.76. The topological polar surface area (TPSA) is 88.1 Å². The monoisotopic (exact) mass is 336 g/mol. The molecule has 7 heteroatoms. The zero-order chi connectivity index (χ0) is 17.8. The Morgan fingerprint density at radius 3 is 2.33 bits per heavy atom. The Labute approximate surface area is 140 Å². The molecule has 0 atom stereocenters. The SMILES string of the molecule is C=C(CC(=O)OCc1ccccc1)C(=O)OCC(=O)OCCOC. The van der Waals surface area contributed by atoms with E-state index < -0.39 is 24.5 Å². The maximum atomic E-state index is 11.6. The Bertz CT molecular complexity index is 566. The molecule has 24 heavy (non-hydrogen) atoms. The number of benzene rings is 1. The number of rotatable bonds is 10. The van der Waals surface area contributed by atoms with Gasteiger partial charge in [-0.15, -0.1) is 0 Å². The van der Waals surface area contributed by atoms with Crippen LogP contribution in [0, 0.1) is 0 Å². The molecule has 0 N–H and O–H groups in total. The summed E-state index contributed by atoms with van der Waals surface area (Å²) in [6.45, 7) is 3.32. The van der Waals surface area contributed by atoms with Crippen LogP contribution in [0.2, 0.25) is 0 Å². The molecular formula is C17H20O7. The molecule has 0 saturated heterocycles. The summed E-state index contributed by atoms with van der Waals surface area (Å²) in [4.78, 5) is 34.5. The average Bonchev–Trinajstić information content (AvgIpc) is 2.59. The minimum Gasteiger partial charge on any atom is -0.461 e. The van der Waals surface area contributed by atoms with Crippen molar-refractivity contribution in [2.24, 2.45) is 0 Å². The van der Waals surface area contributed by atoms with Gasteiger partial charge in [0.1, 0.15) is 13.2 Å². The fourth-order valence-corrected chi connectivity index (χ4v) is 1.54. The van der Waals surface area contributed by atoms with Gasteiger partial charge in [0.25, 0.3) is 0 Å². The van der Waals surface area contributed by atoms with Gasteiger partial charge in [-0.05, 0) is 5.56 Å². The Balaban J connectivity index is 2.24. The van der Waals surface area contributed by atoms with Gasteiger partial charge < -0.3 is 18.9 Å². The van der Waals surface area contributed by atoms with Gasteiger partial charge >= 0.3 is 17.9 Å².